The Bertz CT molecular complexity index is 1280. The van der Waals surface area contributed by atoms with Crippen molar-refractivity contribution < 1.29 is 19.3 Å². The molecule has 1 atom stereocenters. The highest BCUT2D eigenvalue weighted by Gasteiger charge is 2.49. The highest BCUT2D eigenvalue weighted by Crippen LogP contribution is 2.39. The van der Waals surface area contributed by atoms with Crippen LogP contribution < -0.4 is 15.0 Å². The molecule has 2 aliphatic carbocycles. The van der Waals surface area contributed by atoms with Crippen LogP contribution in [0, 0.1) is 5.92 Å². The molecule has 0 saturated heterocycles. The quantitative estimate of drug-likeness (QED) is 0.539. The van der Waals surface area contributed by atoms with Crippen LogP contribution in [-0.4, -0.2) is 29.7 Å². The molecular formula is C27H26ClN2O3+. The van der Waals surface area contributed by atoms with Gasteiger partial charge < -0.3 is 10.1 Å². The first-order valence-electron chi connectivity index (χ1n) is 11.2. The van der Waals surface area contributed by atoms with Gasteiger partial charge in [-0.2, -0.15) is 0 Å². The molecule has 6 heteroatoms. The van der Waals surface area contributed by atoms with Gasteiger partial charge in [-0.1, -0.05) is 51.1 Å². The van der Waals surface area contributed by atoms with Crippen molar-refractivity contribution in [1.29, 1.82) is 0 Å². The Labute approximate surface area is 198 Å². The molecule has 5 rings (SSSR count). The van der Waals surface area contributed by atoms with E-state index in [2.05, 4.69) is 37.1 Å². The number of benzene rings is 2. The number of alkyl halides is 1. The number of Topliss-reactive ketones (excluding diaryl/α,β-unsaturated/α-hetero) is 2. The fourth-order valence-electron chi connectivity index (χ4n) is 4.54. The first-order chi connectivity index (χ1) is 15.8. The normalized spacial score (nSPS) is 19.0. The van der Waals surface area contributed by atoms with Crippen molar-refractivity contribution >= 4 is 34.6 Å². The number of ketones is 2. The van der Waals surface area contributed by atoms with E-state index < -0.39 is 5.92 Å². The third kappa shape index (κ3) is 3.61. The Morgan fingerprint density at radius 3 is 2.58 bits per heavy atom. The lowest BCUT2D eigenvalue weighted by Gasteiger charge is -2.31. The number of fused-ring (bicyclic) bond motifs is 5. The summed E-state index contributed by atoms with van der Waals surface area (Å²) in [6.07, 6.45) is 2.56. The molecule has 0 radical (unpaired) electrons. The van der Waals surface area contributed by atoms with Gasteiger partial charge in [-0.05, 0) is 23.5 Å². The lowest BCUT2D eigenvalue weighted by molar-refractivity contribution is -0.361. The Morgan fingerprint density at radius 1 is 1.09 bits per heavy atom. The van der Waals surface area contributed by atoms with E-state index in [1.54, 1.807) is 24.3 Å². The van der Waals surface area contributed by atoms with Gasteiger partial charge in [0.2, 0.25) is 11.4 Å². The molecule has 0 fully saturated rings. The topological polar surface area (TPSA) is 69.4 Å². The minimum absolute atomic E-state index is 0.0276. The average molecular weight is 462 g/mol. The van der Waals surface area contributed by atoms with Gasteiger partial charge in [-0.25, -0.2) is 4.99 Å². The van der Waals surface area contributed by atoms with Crippen molar-refractivity contribution in [2.45, 2.75) is 32.6 Å². The van der Waals surface area contributed by atoms with Crippen LogP contribution in [0.5, 0.6) is 5.75 Å². The summed E-state index contributed by atoms with van der Waals surface area (Å²) in [5.74, 6) is 0.767. The summed E-state index contributed by atoms with van der Waals surface area (Å²) in [5, 5.41) is 3.32. The minimum atomic E-state index is -0.749. The number of carbonyl (C=O) groups excluding carboxylic acids is 2. The molecule has 2 N–H and O–H groups in total. The molecule has 5 nitrogen and oxygen atoms in total. The number of hydrogen-bond donors (Lipinski definition) is 2. The molecule has 0 amide bonds. The van der Waals surface area contributed by atoms with Gasteiger partial charge in [-0.3, -0.25) is 9.59 Å². The van der Waals surface area contributed by atoms with Crippen molar-refractivity contribution in [3.05, 3.63) is 82.3 Å². The molecule has 1 heterocycles. The molecule has 1 unspecified atom stereocenters. The molecule has 168 valence electrons. The summed E-state index contributed by atoms with van der Waals surface area (Å²) in [7, 11) is 0. The molecule has 3 aliphatic rings. The van der Waals surface area contributed by atoms with Crippen LogP contribution in [0.2, 0.25) is 0 Å². The standard InChI is InChI=1S/C27H25ClN2O3/c1-27(2,3)15-9-10-18-20(13-15)33-21-14-19(29-12-6-11-28)22-23(24(21)30-18)26(32)17-8-5-4-7-16(17)25(22)31/h4-5,7-10,13-14,23,29H,6,11-12H2,1-3H3/p+1. The van der Waals surface area contributed by atoms with Crippen molar-refractivity contribution in [3.63, 3.8) is 0 Å². The van der Waals surface area contributed by atoms with Crippen molar-refractivity contribution in [2.24, 2.45) is 5.92 Å². The average Bonchev–Trinajstić information content (AvgIpc) is 2.80. The molecule has 2 aromatic carbocycles. The van der Waals surface area contributed by atoms with E-state index >= 15 is 0 Å². The lowest BCUT2D eigenvalue weighted by Crippen LogP contribution is -2.72. The largest absolute Gasteiger partial charge is 0.444 e. The third-order valence-electron chi connectivity index (χ3n) is 6.32. The second-order valence-electron chi connectivity index (χ2n) is 9.58. The zero-order valence-electron chi connectivity index (χ0n) is 18.9. The van der Waals surface area contributed by atoms with Crippen LogP contribution in [0.15, 0.2) is 65.6 Å². The highest BCUT2D eigenvalue weighted by molar-refractivity contribution is 6.32. The Kier molecular flexibility index (Phi) is 5.25. The summed E-state index contributed by atoms with van der Waals surface area (Å²) < 4.78 is 6.33. The Balaban J connectivity index is 1.67. The third-order valence-corrected chi connectivity index (χ3v) is 6.58. The molecule has 0 saturated carbocycles. The first kappa shape index (κ1) is 21.7. The van der Waals surface area contributed by atoms with E-state index in [4.69, 9.17) is 16.3 Å². The fraction of sp³-hybridized carbons (Fsp3) is 0.296. The maximum absolute atomic E-state index is 13.6. The fourth-order valence-corrected chi connectivity index (χ4v) is 4.67. The summed E-state index contributed by atoms with van der Waals surface area (Å²) in [4.78, 5) is 30.6. The smallest absolute Gasteiger partial charge is 0.246 e. The van der Waals surface area contributed by atoms with Crippen molar-refractivity contribution in [1.82, 2.24) is 5.32 Å². The maximum atomic E-state index is 13.6. The van der Waals surface area contributed by atoms with E-state index in [-0.39, 0.29) is 17.0 Å². The van der Waals surface area contributed by atoms with Crippen molar-refractivity contribution in [3.8, 4) is 5.75 Å². The zero-order valence-corrected chi connectivity index (χ0v) is 19.7. The first-order valence-corrected chi connectivity index (χ1v) is 11.7. The van der Waals surface area contributed by atoms with Crippen molar-refractivity contribution in [2.75, 3.05) is 12.4 Å². The van der Waals surface area contributed by atoms with Gasteiger partial charge in [0.1, 0.15) is 5.92 Å². The summed E-state index contributed by atoms with van der Waals surface area (Å²) >= 11 is 5.86. The second-order valence-corrected chi connectivity index (χ2v) is 9.96. The minimum Gasteiger partial charge on any atom is -0.444 e. The van der Waals surface area contributed by atoms with Gasteiger partial charge >= 0.3 is 0 Å². The van der Waals surface area contributed by atoms with Crippen LogP contribution >= 0.6 is 11.6 Å². The monoisotopic (exact) mass is 461 g/mol. The molecule has 0 aromatic heterocycles. The number of hydrogen-bond acceptors (Lipinski definition) is 4. The molecular weight excluding hydrogens is 436 g/mol. The zero-order chi connectivity index (χ0) is 23.3. The van der Waals surface area contributed by atoms with E-state index in [0.717, 1.165) is 17.7 Å². The molecule has 1 aliphatic heterocycles. The summed E-state index contributed by atoms with van der Waals surface area (Å²) in [6, 6.07) is 13.1. The summed E-state index contributed by atoms with van der Waals surface area (Å²) in [6.45, 7) is 7.05. The van der Waals surface area contributed by atoms with Crippen LogP contribution in [-0.2, 0) is 5.41 Å². The Morgan fingerprint density at radius 2 is 1.85 bits per heavy atom. The number of carbonyl (C=O) groups is 2. The van der Waals surface area contributed by atoms with Crippen LogP contribution in [0.3, 0.4) is 0 Å². The maximum Gasteiger partial charge on any atom is 0.246 e. The SMILES string of the molecule is CC(C)(C)c1ccc2c(c1)OC1=CC(NCCCCl)=C3C(=O)c4ccccc4C(=O)C3C1=[NH+]2. The van der Waals surface area contributed by atoms with E-state index in [0.29, 0.717) is 52.0 Å². The number of halogens is 1. The predicted octanol–water partition coefficient (Wildman–Crippen LogP) is 3.60. The molecule has 0 bridgehead atoms. The van der Waals surface area contributed by atoms with Gasteiger partial charge in [-0.15, -0.1) is 11.6 Å². The molecule has 2 aromatic rings. The number of nitrogens with one attached hydrogen (secondary N) is 2. The van der Waals surface area contributed by atoms with E-state index in [1.807, 2.05) is 18.2 Å². The van der Waals surface area contributed by atoms with E-state index in [1.165, 1.54) is 0 Å². The Hall–Kier alpha value is -3.18. The van der Waals surface area contributed by atoms with Crippen LogP contribution in [0.4, 0.5) is 5.69 Å². The predicted molar refractivity (Wildman–Crippen MR) is 128 cm³/mol. The lowest BCUT2D eigenvalue weighted by atomic mass is 9.72. The number of allylic oxidation sites excluding steroid dienone is 3. The highest BCUT2D eigenvalue weighted by atomic mass is 35.5. The molecule has 33 heavy (non-hydrogen) atoms. The van der Waals surface area contributed by atoms with Gasteiger partial charge in [0.25, 0.3) is 0 Å². The van der Waals surface area contributed by atoms with Crippen LogP contribution in [0.25, 0.3) is 0 Å². The van der Waals surface area contributed by atoms with E-state index in [9.17, 15) is 9.59 Å². The second kappa shape index (κ2) is 7.99. The van der Waals surface area contributed by atoms with Gasteiger partial charge in [0.05, 0.1) is 0 Å². The number of ether oxygens (including phenoxy) is 1. The van der Waals surface area contributed by atoms with Gasteiger partial charge in [0.15, 0.2) is 23.1 Å². The molecule has 0 spiro atoms. The van der Waals surface area contributed by atoms with Gasteiger partial charge in [0, 0.05) is 47.0 Å². The summed E-state index contributed by atoms with van der Waals surface area (Å²) in [5.41, 5.74) is 4.48. The number of rotatable bonds is 4. The van der Waals surface area contributed by atoms with Crippen LogP contribution in [0.1, 0.15) is 53.5 Å².